The van der Waals surface area contributed by atoms with Crippen LogP contribution >= 0.6 is 22.9 Å². The van der Waals surface area contributed by atoms with Gasteiger partial charge in [0, 0.05) is 17.0 Å². The first-order chi connectivity index (χ1) is 15.7. The number of methoxy groups -OCH3 is 1. The van der Waals surface area contributed by atoms with E-state index in [1.807, 2.05) is 13.8 Å². The maximum Gasteiger partial charge on any atom is 0.263 e. The maximum absolute atomic E-state index is 12.9. The number of nitrogens with one attached hydrogen (secondary N) is 2. The Kier molecular flexibility index (Phi) is 6.60. The predicted octanol–water partition coefficient (Wildman–Crippen LogP) is 4.02. The van der Waals surface area contributed by atoms with Crippen LogP contribution in [-0.4, -0.2) is 37.7 Å². The highest BCUT2D eigenvalue weighted by Crippen LogP contribution is 2.29. The van der Waals surface area contributed by atoms with Crippen molar-refractivity contribution in [3.8, 4) is 5.75 Å². The number of hydrogen-bond acceptors (Lipinski definition) is 7. The van der Waals surface area contributed by atoms with Gasteiger partial charge >= 0.3 is 0 Å². The van der Waals surface area contributed by atoms with Crippen LogP contribution in [0.4, 0.5) is 5.13 Å². The minimum Gasteiger partial charge on any atom is -0.496 e. The Morgan fingerprint density at radius 3 is 2.61 bits per heavy atom. The molecule has 2 aromatic carbocycles. The standard InChI is InChI=1S/C22H23ClN4O4S2/c1-12(2)21-25-26-22(32-21)27-33(29,30)17-6-4-13-8-16(9-14(13)10-17)24-20(28)18-7-5-15(23)11-19(18)31-3/h4-7,10-12,16H,8-9H2,1-3H3,(H,24,28)(H,26,27). The lowest BCUT2D eigenvalue weighted by Gasteiger charge is -2.14. The van der Waals surface area contributed by atoms with Gasteiger partial charge in [0.1, 0.15) is 10.8 Å². The van der Waals surface area contributed by atoms with Crippen molar-refractivity contribution >= 4 is 44.0 Å². The highest BCUT2D eigenvalue weighted by Gasteiger charge is 2.27. The summed E-state index contributed by atoms with van der Waals surface area (Å²) in [6.07, 6.45) is 1.13. The van der Waals surface area contributed by atoms with Crippen molar-refractivity contribution in [3.05, 3.63) is 63.1 Å². The molecular formula is C22H23ClN4O4S2. The lowest BCUT2D eigenvalue weighted by Crippen LogP contribution is -2.35. The summed E-state index contributed by atoms with van der Waals surface area (Å²) in [5.74, 6) is 0.293. The summed E-state index contributed by atoms with van der Waals surface area (Å²) in [6, 6.07) is 9.69. The summed E-state index contributed by atoms with van der Waals surface area (Å²) >= 11 is 7.19. The third kappa shape index (κ3) is 5.13. The number of fused-ring (bicyclic) bond motifs is 1. The monoisotopic (exact) mass is 506 g/mol. The molecule has 4 rings (SSSR count). The SMILES string of the molecule is COc1cc(Cl)ccc1C(=O)NC1Cc2ccc(S(=O)(=O)Nc3nnc(C(C)C)s3)cc2C1. The molecule has 0 radical (unpaired) electrons. The predicted molar refractivity (Wildman–Crippen MR) is 128 cm³/mol. The van der Waals surface area contributed by atoms with E-state index in [1.165, 1.54) is 18.4 Å². The van der Waals surface area contributed by atoms with Gasteiger partial charge in [0.15, 0.2) is 0 Å². The van der Waals surface area contributed by atoms with E-state index in [9.17, 15) is 13.2 Å². The number of hydrogen-bond donors (Lipinski definition) is 2. The quantitative estimate of drug-likeness (QED) is 0.500. The molecule has 0 saturated heterocycles. The van der Waals surface area contributed by atoms with Crippen LogP contribution in [0, 0.1) is 0 Å². The Morgan fingerprint density at radius 1 is 1.15 bits per heavy atom. The van der Waals surface area contributed by atoms with E-state index in [-0.39, 0.29) is 27.9 Å². The van der Waals surface area contributed by atoms with Gasteiger partial charge in [-0.15, -0.1) is 10.2 Å². The third-order valence-corrected chi connectivity index (χ3v) is 8.16. The van der Waals surface area contributed by atoms with Crippen molar-refractivity contribution in [1.82, 2.24) is 15.5 Å². The number of rotatable bonds is 7. The number of nitrogens with zero attached hydrogens (tertiary/aromatic N) is 2. The number of aromatic nitrogens is 2. The molecule has 1 amide bonds. The van der Waals surface area contributed by atoms with Gasteiger partial charge in [-0.1, -0.05) is 42.9 Å². The highest BCUT2D eigenvalue weighted by molar-refractivity contribution is 7.93. The van der Waals surface area contributed by atoms with Crippen molar-refractivity contribution in [2.24, 2.45) is 0 Å². The van der Waals surface area contributed by atoms with Crippen LogP contribution < -0.4 is 14.8 Å². The van der Waals surface area contributed by atoms with E-state index in [2.05, 4.69) is 20.2 Å². The molecule has 1 aliphatic rings. The minimum absolute atomic E-state index is 0.147. The Hall–Kier alpha value is -2.69. The molecule has 0 saturated carbocycles. The van der Waals surface area contributed by atoms with Crippen molar-refractivity contribution in [2.75, 3.05) is 11.8 Å². The summed E-state index contributed by atoms with van der Waals surface area (Å²) < 4.78 is 33.5. The van der Waals surface area contributed by atoms with E-state index in [4.69, 9.17) is 16.3 Å². The van der Waals surface area contributed by atoms with E-state index in [1.54, 1.807) is 36.4 Å². The van der Waals surface area contributed by atoms with Gasteiger partial charge < -0.3 is 10.1 Å². The maximum atomic E-state index is 12.9. The molecule has 8 nitrogen and oxygen atoms in total. The molecule has 1 atom stereocenters. The second kappa shape index (κ2) is 9.28. The molecule has 33 heavy (non-hydrogen) atoms. The number of carbonyl (C=O) groups excluding carboxylic acids is 1. The molecule has 1 heterocycles. The van der Waals surface area contributed by atoms with Crippen molar-refractivity contribution in [3.63, 3.8) is 0 Å². The smallest absolute Gasteiger partial charge is 0.263 e. The molecule has 174 valence electrons. The van der Waals surface area contributed by atoms with Crippen LogP contribution in [0.3, 0.4) is 0 Å². The Balaban J connectivity index is 1.46. The van der Waals surface area contributed by atoms with E-state index in [0.717, 1.165) is 16.1 Å². The van der Waals surface area contributed by atoms with Gasteiger partial charge in [-0.3, -0.25) is 9.52 Å². The molecule has 11 heteroatoms. The van der Waals surface area contributed by atoms with Crippen LogP contribution in [0.25, 0.3) is 0 Å². The van der Waals surface area contributed by atoms with E-state index in [0.29, 0.717) is 29.2 Å². The molecule has 0 fully saturated rings. The topological polar surface area (TPSA) is 110 Å². The zero-order valence-corrected chi connectivity index (χ0v) is 20.6. The molecule has 1 aromatic heterocycles. The Labute approximate surface area is 201 Å². The number of sulfonamides is 1. The van der Waals surface area contributed by atoms with Gasteiger partial charge in [0.2, 0.25) is 5.13 Å². The lowest BCUT2D eigenvalue weighted by atomic mass is 10.1. The Bertz CT molecular complexity index is 1310. The molecule has 1 aliphatic carbocycles. The molecule has 2 N–H and O–H groups in total. The molecular weight excluding hydrogens is 484 g/mol. The fraction of sp³-hybridized carbons (Fsp3) is 0.318. The van der Waals surface area contributed by atoms with E-state index < -0.39 is 10.0 Å². The Morgan fingerprint density at radius 2 is 1.91 bits per heavy atom. The average molecular weight is 507 g/mol. The fourth-order valence-electron chi connectivity index (χ4n) is 3.66. The highest BCUT2D eigenvalue weighted by atomic mass is 35.5. The number of halogens is 1. The van der Waals surface area contributed by atoms with Crippen molar-refractivity contribution in [1.29, 1.82) is 0 Å². The first-order valence-electron chi connectivity index (χ1n) is 10.3. The molecule has 0 spiro atoms. The second-order valence-corrected chi connectivity index (χ2v) is 11.2. The summed E-state index contributed by atoms with van der Waals surface area (Å²) in [4.78, 5) is 12.9. The van der Waals surface area contributed by atoms with E-state index >= 15 is 0 Å². The molecule has 0 bridgehead atoms. The van der Waals surface area contributed by atoms with Crippen LogP contribution in [0.15, 0.2) is 41.3 Å². The number of anilines is 1. The molecule has 3 aromatic rings. The molecule has 0 aliphatic heterocycles. The number of benzene rings is 2. The normalized spacial score (nSPS) is 15.4. The van der Waals surface area contributed by atoms with Gasteiger partial charge in [-0.25, -0.2) is 8.42 Å². The second-order valence-electron chi connectivity index (χ2n) is 8.06. The first kappa shape index (κ1) is 23.5. The summed E-state index contributed by atoms with van der Waals surface area (Å²) in [7, 11) is -2.32. The zero-order chi connectivity index (χ0) is 23.8. The third-order valence-electron chi connectivity index (χ3n) is 5.32. The largest absolute Gasteiger partial charge is 0.496 e. The van der Waals surface area contributed by atoms with Crippen LogP contribution in [0.5, 0.6) is 5.75 Å². The van der Waals surface area contributed by atoms with Gasteiger partial charge in [-0.2, -0.15) is 0 Å². The van der Waals surface area contributed by atoms with Crippen LogP contribution in [0.1, 0.15) is 46.3 Å². The number of carbonyl (C=O) groups is 1. The minimum atomic E-state index is -3.80. The van der Waals surface area contributed by atoms with Gasteiger partial charge in [0.25, 0.3) is 15.9 Å². The molecule has 1 unspecified atom stereocenters. The number of amides is 1. The fourth-order valence-corrected chi connectivity index (χ4v) is 5.85. The zero-order valence-electron chi connectivity index (χ0n) is 18.3. The van der Waals surface area contributed by atoms with Crippen molar-refractivity contribution in [2.45, 2.75) is 43.5 Å². The average Bonchev–Trinajstić information content (AvgIpc) is 3.39. The van der Waals surface area contributed by atoms with Gasteiger partial charge in [0.05, 0.1) is 17.6 Å². The van der Waals surface area contributed by atoms with Crippen LogP contribution in [-0.2, 0) is 22.9 Å². The summed E-state index contributed by atoms with van der Waals surface area (Å²) in [5, 5.41) is 12.4. The van der Waals surface area contributed by atoms with Gasteiger partial charge in [-0.05, 0) is 54.3 Å². The summed E-state index contributed by atoms with van der Waals surface area (Å²) in [5.41, 5.74) is 2.27. The number of ether oxygens (including phenoxy) is 1. The lowest BCUT2D eigenvalue weighted by molar-refractivity contribution is 0.0935. The van der Waals surface area contributed by atoms with Crippen LogP contribution in [0.2, 0.25) is 5.02 Å². The first-order valence-corrected chi connectivity index (χ1v) is 13.0. The summed E-state index contributed by atoms with van der Waals surface area (Å²) in [6.45, 7) is 3.94. The van der Waals surface area contributed by atoms with Crippen molar-refractivity contribution < 1.29 is 17.9 Å².